The summed E-state index contributed by atoms with van der Waals surface area (Å²) in [5.41, 5.74) is 2.09. The van der Waals surface area contributed by atoms with E-state index in [-0.39, 0.29) is 24.8 Å². The van der Waals surface area contributed by atoms with Crippen LogP contribution in [-0.2, 0) is 16.4 Å². The topological polar surface area (TPSA) is 95.4 Å². The van der Waals surface area contributed by atoms with Gasteiger partial charge in [-0.25, -0.2) is 12.7 Å². The average molecular weight is 375 g/mol. The molecule has 0 aliphatic rings. The van der Waals surface area contributed by atoms with Crippen molar-refractivity contribution in [2.45, 2.75) is 6.42 Å². The number of furan rings is 1. The number of carbonyl (C=O) groups excluding carboxylic acids is 1. The van der Waals surface area contributed by atoms with E-state index in [2.05, 4.69) is 10.3 Å². The molecule has 0 saturated carbocycles. The zero-order valence-electron chi connectivity index (χ0n) is 14.4. The number of carbonyl (C=O) groups is 1. The third-order valence-electron chi connectivity index (χ3n) is 4.17. The van der Waals surface area contributed by atoms with Gasteiger partial charge in [-0.3, -0.25) is 4.79 Å². The number of fused-ring (bicyclic) bond motifs is 1. The number of rotatable bonds is 8. The summed E-state index contributed by atoms with van der Waals surface area (Å²) in [5.74, 6) is -0.158. The Morgan fingerprint density at radius 3 is 2.73 bits per heavy atom. The lowest BCUT2D eigenvalue weighted by molar-refractivity contribution is 0.0924. The van der Waals surface area contributed by atoms with E-state index in [9.17, 15) is 13.2 Å². The van der Waals surface area contributed by atoms with Crippen molar-refractivity contribution < 1.29 is 17.6 Å². The molecule has 1 amide bonds. The van der Waals surface area contributed by atoms with Crippen LogP contribution in [-0.4, -0.2) is 49.5 Å². The van der Waals surface area contributed by atoms with Crippen molar-refractivity contribution in [1.29, 1.82) is 0 Å². The first-order valence-electron chi connectivity index (χ1n) is 8.27. The lowest BCUT2D eigenvalue weighted by atomic mass is 10.1. The Hall–Kier alpha value is -2.58. The van der Waals surface area contributed by atoms with Crippen molar-refractivity contribution in [3.63, 3.8) is 0 Å². The normalized spacial score (nSPS) is 11.9. The Balaban J connectivity index is 1.59. The van der Waals surface area contributed by atoms with Gasteiger partial charge in [0.1, 0.15) is 0 Å². The van der Waals surface area contributed by atoms with Crippen molar-refractivity contribution in [2.75, 3.05) is 25.9 Å². The predicted molar refractivity (Wildman–Crippen MR) is 99.5 cm³/mol. The molecule has 3 aromatic rings. The zero-order chi connectivity index (χ0) is 18.6. The van der Waals surface area contributed by atoms with Gasteiger partial charge in [-0.05, 0) is 30.2 Å². The number of amides is 1. The minimum Gasteiger partial charge on any atom is -0.459 e. The van der Waals surface area contributed by atoms with E-state index < -0.39 is 10.0 Å². The Bertz CT molecular complexity index is 977. The number of benzene rings is 1. The fourth-order valence-electron chi connectivity index (χ4n) is 2.82. The van der Waals surface area contributed by atoms with Gasteiger partial charge >= 0.3 is 0 Å². The maximum atomic E-state index is 12.0. The summed E-state index contributed by atoms with van der Waals surface area (Å²) in [4.78, 5) is 15.0. The molecular formula is C18H21N3O4S. The second kappa shape index (κ2) is 7.76. The number of hydrogen-bond acceptors (Lipinski definition) is 4. The van der Waals surface area contributed by atoms with E-state index in [1.165, 1.54) is 16.8 Å². The van der Waals surface area contributed by atoms with Crippen LogP contribution in [0.15, 0.2) is 53.3 Å². The van der Waals surface area contributed by atoms with Crippen molar-refractivity contribution in [3.05, 3.63) is 60.2 Å². The molecule has 7 nitrogen and oxygen atoms in total. The van der Waals surface area contributed by atoms with Crippen LogP contribution >= 0.6 is 0 Å². The van der Waals surface area contributed by atoms with E-state index in [0.717, 1.165) is 16.5 Å². The Labute approximate surface area is 152 Å². The summed E-state index contributed by atoms with van der Waals surface area (Å²) in [6.07, 6.45) is 5.09. The summed E-state index contributed by atoms with van der Waals surface area (Å²) in [7, 11) is -3.37. The fraction of sp³-hybridized carbons (Fsp3) is 0.278. The van der Waals surface area contributed by atoms with Gasteiger partial charge in [-0.15, -0.1) is 0 Å². The Kier molecular flexibility index (Phi) is 5.43. The van der Waals surface area contributed by atoms with Gasteiger partial charge in [0.2, 0.25) is 10.0 Å². The standard InChI is InChI=1S/C18H21N3O4S/c1-26(23,24)21(11-9-19-18(22)17-7-4-12-25-17)10-8-14-13-20-16-6-3-2-5-15(14)16/h2-7,12-13,20H,8-11H2,1H3,(H,19,22). The highest BCUT2D eigenvalue weighted by Gasteiger charge is 2.18. The molecule has 0 atom stereocenters. The monoisotopic (exact) mass is 375 g/mol. The van der Waals surface area contributed by atoms with Crippen molar-refractivity contribution in [2.24, 2.45) is 0 Å². The molecule has 0 aliphatic heterocycles. The molecule has 2 aromatic heterocycles. The quantitative estimate of drug-likeness (QED) is 0.629. The number of sulfonamides is 1. The first-order valence-corrected chi connectivity index (χ1v) is 10.1. The molecule has 0 spiro atoms. The van der Waals surface area contributed by atoms with Crippen LogP contribution < -0.4 is 5.32 Å². The molecular weight excluding hydrogens is 354 g/mol. The minimum absolute atomic E-state index is 0.202. The van der Waals surface area contributed by atoms with E-state index in [4.69, 9.17) is 4.42 Å². The van der Waals surface area contributed by atoms with Crippen LogP contribution in [0.1, 0.15) is 16.1 Å². The van der Waals surface area contributed by atoms with Gasteiger partial charge in [0.25, 0.3) is 5.91 Å². The van der Waals surface area contributed by atoms with Gasteiger partial charge in [0.05, 0.1) is 12.5 Å². The highest BCUT2D eigenvalue weighted by Crippen LogP contribution is 2.18. The minimum atomic E-state index is -3.37. The molecule has 138 valence electrons. The molecule has 0 fully saturated rings. The van der Waals surface area contributed by atoms with Gasteiger partial charge in [0, 0.05) is 36.7 Å². The smallest absolute Gasteiger partial charge is 0.287 e. The number of aromatic nitrogens is 1. The first-order chi connectivity index (χ1) is 12.4. The molecule has 0 saturated heterocycles. The molecule has 1 aromatic carbocycles. The SMILES string of the molecule is CS(=O)(=O)N(CCNC(=O)c1ccco1)CCc1c[nH]c2ccccc12. The van der Waals surface area contributed by atoms with E-state index >= 15 is 0 Å². The largest absolute Gasteiger partial charge is 0.459 e. The summed E-state index contributed by atoms with van der Waals surface area (Å²) in [6.45, 7) is 0.755. The molecule has 0 aliphatic carbocycles. The van der Waals surface area contributed by atoms with Crippen LogP contribution in [0.2, 0.25) is 0 Å². The van der Waals surface area contributed by atoms with Crippen LogP contribution in [0.4, 0.5) is 0 Å². The maximum Gasteiger partial charge on any atom is 0.287 e. The number of hydrogen-bond donors (Lipinski definition) is 2. The molecule has 0 unspecified atom stereocenters. The van der Waals surface area contributed by atoms with Crippen molar-refractivity contribution in [1.82, 2.24) is 14.6 Å². The number of para-hydroxylation sites is 1. The molecule has 3 rings (SSSR count). The first kappa shape index (κ1) is 18.2. The van der Waals surface area contributed by atoms with E-state index in [0.29, 0.717) is 13.0 Å². The maximum absolute atomic E-state index is 12.0. The third-order valence-corrected chi connectivity index (χ3v) is 5.47. The third kappa shape index (κ3) is 4.33. The predicted octanol–water partition coefficient (Wildman–Crippen LogP) is 1.99. The highest BCUT2D eigenvalue weighted by atomic mass is 32.2. The van der Waals surface area contributed by atoms with Crippen LogP contribution in [0, 0.1) is 0 Å². The average Bonchev–Trinajstić information content (AvgIpc) is 3.26. The van der Waals surface area contributed by atoms with Crippen molar-refractivity contribution >= 4 is 26.8 Å². The van der Waals surface area contributed by atoms with Crippen LogP contribution in [0.25, 0.3) is 10.9 Å². The lowest BCUT2D eigenvalue weighted by Gasteiger charge is -2.20. The van der Waals surface area contributed by atoms with E-state index in [1.807, 2.05) is 30.5 Å². The summed E-state index contributed by atoms with van der Waals surface area (Å²) in [6, 6.07) is 11.1. The lowest BCUT2D eigenvalue weighted by Crippen LogP contribution is -2.39. The van der Waals surface area contributed by atoms with Crippen LogP contribution in [0.5, 0.6) is 0 Å². The Morgan fingerprint density at radius 1 is 1.19 bits per heavy atom. The number of aromatic amines is 1. The summed E-state index contributed by atoms with van der Waals surface area (Å²) >= 11 is 0. The van der Waals surface area contributed by atoms with Gasteiger partial charge in [-0.1, -0.05) is 18.2 Å². The highest BCUT2D eigenvalue weighted by molar-refractivity contribution is 7.88. The van der Waals surface area contributed by atoms with Gasteiger partial charge in [0.15, 0.2) is 5.76 Å². The number of nitrogens with zero attached hydrogens (tertiary/aromatic N) is 1. The second-order valence-corrected chi connectivity index (χ2v) is 7.99. The summed E-state index contributed by atoms with van der Waals surface area (Å²) < 4.78 is 30.5. The Morgan fingerprint density at radius 2 is 2.00 bits per heavy atom. The molecule has 0 radical (unpaired) electrons. The van der Waals surface area contributed by atoms with Crippen LogP contribution in [0.3, 0.4) is 0 Å². The molecule has 26 heavy (non-hydrogen) atoms. The molecule has 2 heterocycles. The second-order valence-electron chi connectivity index (χ2n) is 6.00. The zero-order valence-corrected chi connectivity index (χ0v) is 15.3. The molecule has 8 heteroatoms. The van der Waals surface area contributed by atoms with Crippen molar-refractivity contribution in [3.8, 4) is 0 Å². The number of nitrogens with one attached hydrogen (secondary N) is 2. The fourth-order valence-corrected chi connectivity index (χ4v) is 3.66. The van der Waals surface area contributed by atoms with Gasteiger partial charge < -0.3 is 14.7 Å². The molecule has 2 N–H and O–H groups in total. The summed E-state index contributed by atoms with van der Waals surface area (Å²) in [5, 5.41) is 3.76. The van der Waals surface area contributed by atoms with Gasteiger partial charge in [-0.2, -0.15) is 0 Å². The molecule has 0 bridgehead atoms. The number of H-pyrrole nitrogens is 1. The van der Waals surface area contributed by atoms with E-state index in [1.54, 1.807) is 12.1 Å².